The smallest absolute Gasteiger partial charge is 0.150 e. The van der Waals surface area contributed by atoms with Crippen LogP contribution in [0.15, 0.2) is 12.2 Å². The molecule has 1 atom stereocenters. The fraction of sp³-hybridized carbons (Fsp3) is 0.821. The number of unbranched alkanes of at least 4 members (excludes halogenated alkanes) is 15. The third kappa shape index (κ3) is 19.2. The first kappa shape index (κ1) is 29.8. The molecule has 0 bridgehead atoms. The zero-order valence-corrected chi connectivity index (χ0v) is 20.7. The van der Waals surface area contributed by atoms with E-state index in [9.17, 15) is 14.4 Å². The van der Waals surface area contributed by atoms with Crippen molar-refractivity contribution >= 4 is 17.9 Å². The standard InChI is InChI=1S/C28H50O3/c1-3-5-7-9-11-13-14-16-18-20-22-24-28(31)26(25-29)27(30)23-21-19-17-15-12-10-8-6-4-2/h13-14,25-26H,3-12,15-24H2,1-2H3. The third-order valence-corrected chi connectivity index (χ3v) is 6.04. The Bertz CT molecular complexity index is 467. The Labute approximate surface area is 192 Å². The Balaban J connectivity index is 3.73. The topological polar surface area (TPSA) is 51.2 Å². The van der Waals surface area contributed by atoms with Gasteiger partial charge in [0.2, 0.25) is 0 Å². The highest BCUT2D eigenvalue weighted by molar-refractivity contribution is 6.13. The highest BCUT2D eigenvalue weighted by Gasteiger charge is 2.24. The van der Waals surface area contributed by atoms with Gasteiger partial charge in [-0.15, -0.1) is 0 Å². The number of hydrogen-bond donors (Lipinski definition) is 0. The summed E-state index contributed by atoms with van der Waals surface area (Å²) < 4.78 is 0. The quantitative estimate of drug-likeness (QED) is 0.0663. The normalized spacial score (nSPS) is 12.3. The van der Waals surface area contributed by atoms with Crippen LogP contribution in [0.25, 0.3) is 0 Å². The largest absolute Gasteiger partial charge is 0.302 e. The molecule has 1 unspecified atom stereocenters. The third-order valence-electron chi connectivity index (χ3n) is 6.04. The minimum absolute atomic E-state index is 0.172. The molecule has 180 valence electrons. The van der Waals surface area contributed by atoms with Gasteiger partial charge >= 0.3 is 0 Å². The van der Waals surface area contributed by atoms with E-state index in [1.165, 1.54) is 70.6 Å². The van der Waals surface area contributed by atoms with Gasteiger partial charge in [0.05, 0.1) is 0 Å². The monoisotopic (exact) mass is 434 g/mol. The number of carbonyl (C=O) groups excluding carboxylic acids is 3. The van der Waals surface area contributed by atoms with E-state index < -0.39 is 5.92 Å². The molecule has 0 N–H and O–H groups in total. The molecule has 0 fully saturated rings. The summed E-state index contributed by atoms with van der Waals surface area (Å²) in [6.07, 6.45) is 26.7. The minimum Gasteiger partial charge on any atom is -0.302 e. The number of rotatable bonds is 24. The molecule has 31 heavy (non-hydrogen) atoms. The van der Waals surface area contributed by atoms with Crippen LogP contribution in [0.3, 0.4) is 0 Å². The number of Topliss-reactive ketones (excluding diaryl/α,β-unsaturated/α-hetero) is 2. The van der Waals surface area contributed by atoms with Crippen molar-refractivity contribution in [3.05, 3.63) is 12.2 Å². The van der Waals surface area contributed by atoms with E-state index >= 15 is 0 Å². The summed E-state index contributed by atoms with van der Waals surface area (Å²) in [4.78, 5) is 35.8. The maximum Gasteiger partial charge on any atom is 0.150 e. The van der Waals surface area contributed by atoms with Crippen LogP contribution in [-0.2, 0) is 14.4 Å². The summed E-state index contributed by atoms with van der Waals surface area (Å²) in [5, 5.41) is 0. The molecule has 0 heterocycles. The Kier molecular flexibility index (Phi) is 22.5. The first-order chi connectivity index (χ1) is 15.2. The molecule has 3 nitrogen and oxygen atoms in total. The molecule has 0 saturated heterocycles. The van der Waals surface area contributed by atoms with E-state index in [-0.39, 0.29) is 11.6 Å². The fourth-order valence-electron chi connectivity index (χ4n) is 3.92. The average molecular weight is 435 g/mol. The van der Waals surface area contributed by atoms with E-state index in [4.69, 9.17) is 0 Å². The van der Waals surface area contributed by atoms with E-state index in [1.54, 1.807) is 0 Å². The first-order valence-corrected chi connectivity index (χ1v) is 13.3. The molecule has 0 aliphatic heterocycles. The zero-order chi connectivity index (χ0) is 23.0. The van der Waals surface area contributed by atoms with Crippen LogP contribution in [0.2, 0.25) is 0 Å². The highest BCUT2D eigenvalue weighted by atomic mass is 16.2. The number of carbonyl (C=O) groups is 3. The lowest BCUT2D eigenvalue weighted by molar-refractivity contribution is -0.136. The zero-order valence-electron chi connectivity index (χ0n) is 20.7. The van der Waals surface area contributed by atoms with Crippen molar-refractivity contribution in [2.24, 2.45) is 5.92 Å². The van der Waals surface area contributed by atoms with Crippen molar-refractivity contribution < 1.29 is 14.4 Å². The lowest BCUT2D eigenvalue weighted by Crippen LogP contribution is -2.25. The predicted octanol–water partition coefficient (Wildman–Crippen LogP) is 8.34. The summed E-state index contributed by atoms with van der Waals surface area (Å²) in [5.74, 6) is -1.37. The van der Waals surface area contributed by atoms with Gasteiger partial charge < -0.3 is 4.79 Å². The van der Waals surface area contributed by atoms with Crippen LogP contribution < -0.4 is 0 Å². The van der Waals surface area contributed by atoms with E-state index in [2.05, 4.69) is 26.0 Å². The summed E-state index contributed by atoms with van der Waals surface area (Å²) in [6, 6.07) is 0. The number of hydrogen-bond acceptors (Lipinski definition) is 3. The van der Waals surface area contributed by atoms with Crippen LogP contribution in [0.1, 0.15) is 142 Å². The molecular formula is C28H50O3. The van der Waals surface area contributed by atoms with Gasteiger partial charge in [-0.2, -0.15) is 0 Å². The van der Waals surface area contributed by atoms with Crippen molar-refractivity contribution in [3.63, 3.8) is 0 Å². The molecular weight excluding hydrogens is 384 g/mol. The van der Waals surface area contributed by atoms with Gasteiger partial charge in [-0.1, -0.05) is 103 Å². The van der Waals surface area contributed by atoms with Gasteiger partial charge in [0, 0.05) is 12.8 Å². The lowest BCUT2D eigenvalue weighted by Gasteiger charge is -2.08. The maximum atomic E-state index is 12.3. The van der Waals surface area contributed by atoms with Crippen molar-refractivity contribution in [1.82, 2.24) is 0 Å². The summed E-state index contributed by atoms with van der Waals surface area (Å²) in [6.45, 7) is 4.45. The number of allylic oxidation sites excluding steroid dienone is 2. The second kappa shape index (κ2) is 23.4. The molecule has 0 amide bonds. The van der Waals surface area contributed by atoms with E-state index in [0.29, 0.717) is 19.1 Å². The Morgan fingerprint density at radius 3 is 1.32 bits per heavy atom. The van der Waals surface area contributed by atoms with E-state index in [1.807, 2.05) is 0 Å². The Morgan fingerprint density at radius 1 is 0.548 bits per heavy atom. The number of ketones is 2. The van der Waals surface area contributed by atoms with Crippen molar-refractivity contribution in [2.45, 2.75) is 142 Å². The van der Waals surface area contributed by atoms with Gasteiger partial charge in [-0.25, -0.2) is 0 Å². The second-order valence-corrected chi connectivity index (χ2v) is 9.04. The van der Waals surface area contributed by atoms with Gasteiger partial charge in [0.15, 0.2) is 0 Å². The lowest BCUT2D eigenvalue weighted by atomic mass is 9.93. The van der Waals surface area contributed by atoms with Crippen LogP contribution in [0, 0.1) is 5.92 Å². The van der Waals surface area contributed by atoms with Crippen LogP contribution in [0.4, 0.5) is 0 Å². The minimum atomic E-state index is -1.02. The van der Waals surface area contributed by atoms with Crippen molar-refractivity contribution in [2.75, 3.05) is 0 Å². The fourth-order valence-corrected chi connectivity index (χ4v) is 3.92. The molecule has 0 aromatic rings. The summed E-state index contributed by atoms with van der Waals surface area (Å²) in [5.41, 5.74) is 0. The van der Waals surface area contributed by atoms with Crippen LogP contribution >= 0.6 is 0 Å². The second-order valence-electron chi connectivity index (χ2n) is 9.04. The summed E-state index contributed by atoms with van der Waals surface area (Å²) in [7, 11) is 0. The molecule has 0 radical (unpaired) electrons. The van der Waals surface area contributed by atoms with Crippen LogP contribution in [0.5, 0.6) is 0 Å². The predicted molar refractivity (Wildman–Crippen MR) is 132 cm³/mol. The van der Waals surface area contributed by atoms with E-state index in [0.717, 1.165) is 44.9 Å². The van der Waals surface area contributed by atoms with Crippen molar-refractivity contribution in [1.29, 1.82) is 0 Å². The molecule has 0 aromatic carbocycles. The van der Waals surface area contributed by atoms with Gasteiger partial charge in [-0.3, -0.25) is 9.59 Å². The SMILES string of the molecule is CCCCCCC=CCCCCCC(=O)C(C=O)C(=O)CCCCCCCCCCC. The Morgan fingerprint density at radius 2 is 0.903 bits per heavy atom. The Hall–Kier alpha value is -1.25. The molecule has 0 saturated carbocycles. The molecule has 0 aliphatic rings. The molecule has 0 aliphatic carbocycles. The maximum absolute atomic E-state index is 12.3. The van der Waals surface area contributed by atoms with Gasteiger partial charge in [0.1, 0.15) is 23.8 Å². The van der Waals surface area contributed by atoms with Gasteiger partial charge in [-0.05, 0) is 38.5 Å². The first-order valence-electron chi connectivity index (χ1n) is 13.3. The molecule has 0 spiro atoms. The summed E-state index contributed by atoms with van der Waals surface area (Å²) >= 11 is 0. The molecule has 3 heteroatoms. The average Bonchev–Trinajstić information content (AvgIpc) is 2.76. The number of aldehydes is 1. The van der Waals surface area contributed by atoms with Crippen molar-refractivity contribution in [3.8, 4) is 0 Å². The van der Waals surface area contributed by atoms with Crippen LogP contribution in [-0.4, -0.2) is 17.9 Å². The highest BCUT2D eigenvalue weighted by Crippen LogP contribution is 2.14. The molecule has 0 rings (SSSR count). The molecule has 0 aromatic heterocycles. The van der Waals surface area contributed by atoms with Gasteiger partial charge in [0.25, 0.3) is 0 Å².